The number of rotatable bonds is 3. The highest BCUT2D eigenvalue weighted by molar-refractivity contribution is 6.22. The van der Waals surface area contributed by atoms with Crippen LogP contribution in [-0.4, -0.2) is 0 Å². The third-order valence-electron chi connectivity index (χ3n) is 8.28. The van der Waals surface area contributed by atoms with Crippen molar-refractivity contribution in [1.29, 1.82) is 0 Å². The molecule has 1 aromatic heterocycles. The molecule has 0 aliphatic rings. The Bertz CT molecular complexity index is 2870. The van der Waals surface area contributed by atoms with Gasteiger partial charge < -0.3 is 4.42 Å². The molecule has 43 heavy (non-hydrogen) atoms. The smallest absolute Gasteiger partial charge is 0.136 e. The fourth-order valence-corrected chi connectivity index (χ4v) is 6.30. The number of para-hydroxylation sites is 1. The molecular formula is C42H26O. The fraction of sp³-hybridized carbons (Fsp3) is 0. The zero-order chi connectivity index (χ0) is 35.3. The summed E-state index contributed by atoms with van der Waals surface area (Å²) in [5.41, 5.74) is 5.03. The summed E-state index contributed by atoms with van der Waals surface area (Å²) in [6, 6.07) is 32.1. The van der Waals surface area contributed by atoms with Gasteiger partial charge in [-0.2, -0.15) is 0 Å². The predicted molar refractivity (Wildman–Crippen MR) is 183 cm³/mol. The normalized spacial score (nSPS) is 14.3. The average Bonchev–Trinajstić information content (AvgIpc) is 3.54. The van der Waals surface area contributed by atoms with E-state index in [-0.39, 0.29) is 45.7 Å². The van der Waals surface area contributed by atoms with Crippen LogP contribution in [0.4, 0.5) is 0 Å². The minimum Gasteiger partial charge on any atom is -0.456 e. The average molecular weight is 555 g/mol. The maximum Gasteiger partial charge on any atom is 0.136 e. The molecule has 0 unspecified atom stereocenters. The lowest BCUT2D eigenvalue weighted by Gasteiger charge is -2.18. The Morgan fingerprint density at radius 3 is 1.56 bits per heavy atom. The quantitative estimate of drug-likeness (QED) is 0.198. The van der Waals surface area contributed by atoms with E-state index in [1.807, 2.05) is 97.1 Å². The van der Waals surface area contributed by atoms with Crippen molar-refractivity contribution in [3.8, 4) is 33.4 Å². The van der Waals surface area contributed by atoms with Crippen molar-refractivity contribution < 1.29 is 15.4 Å². The third kappa shape index (κ3) is 3.79. The molecule has 0 saturated heterocycles. The first kappa shape index (κ1) is 17.3. The summed E-state index contributed by atoms with van der Waals surface area (Å²) in [6.45, 7) is 0. The van der Waals surface area contributed by atoms with E-state index in [4.69, 9.17) is 9.90 Å². The lowest BCUT2D eigenvalue weighted by Crippen LogP contribution is -1.91. The first-order valence-electron chi connectivity index (χ1n) is 18.1. The summed E-state index contributed by atoms with van der Waals surface area (Å²) in [5.74, 6) is 0. The van der Waals surface area contributed by atoms with E-state index in [1.54, 1.807) is 6.07 Å². The molecule has 1 heteroatoms. The molecule has 1 nitrogen and oxygen atoms in total. The lowest BCUT2D eigenvalue weighted by atomic mass is 9.85. The molecule has 0 saturated carbocycles. The Balaban J connectivity index is 1.44. The summed E-state index contributed by atoms with van der Waals surface area (Å²) in [6.07, 6.45) is 0. The van der Waals surface area contributed by atoms with Gasteiger partial charge in [0.1, 0.15) is 11.2 Å². The van der Waals surface area contributed by atoms with E-state index in [2.05, 4.69) is 6.07 Å². The minimum absolute atomic E-state index is 0.170. The number of fused-ring (bicyclic) bond motifs is 6. The van der Waals surface area contributed by atoms with Gasteiger partial charge in [0, 0.05) is 10.8 Å². The number of benzene rings is 8. The van der Waals surface area contributed by atoms with Crippen LogP contribution in [0, 0.1) is 0 Å². The standard InChI is InChI=1S/C42H26O/c1-2-10-27(11-3-1)28-18-19-30-25-31(21-20-29(30)24-28)41-35-13-4-6-15-37(35)42(38-16-7-5-14-36(38)41)32-22-23-34-33-12-8-9-17-39(33)43-40(34)26-32/h1-26H/i4D,5D,6D,7D,13D,14D,15D,16D. The Kier molecular flexibility index (Phi) is 3.80. The molecule has 9 aromatic rings. The molecule has 0 amide bonds. The molecule has 0 atom stereocenters. The van der Waals surface area contributed by atoms with Crippen LogP contribution < -0.4 is 0 Å². The minimum atomic E-state index is -0.434. The number of furan rings is 1. The summed E-state index contributed by atoms with van der Waals surface area (Å²) in [4.78, 5) is 0. The van der Waals surface area contributed by atoms with Crippen molar-refractivity contribution in [2.24, 2.45) is 0 Å². The van der Waals surface area contributed by atoms with Crippen LogP contribution in [0.25, 0.3) is 87.6 Å². The van der Waals surface area contributed by atoms with Gasteiger partial charge in [-0.15, -0.1) is 0 Å². The highest BCUT2D eigenvalue weighted by atomic mass is 16.3. The van der Waals surface area contributed by atoms with Gasteiger partial charge in [0.2, 0.25) is 0 Å². The van der Waals surface area contributed by atoms with Crippen LogP contribution in [0.1, 0.15) is 11.0 Å². The van der Waals surface area contributed by atoms with Gasteiger partial charge in [0.05, 0.1) is 11.0 Å². The highest BCUT2D eigenvalue weighted by Crippen LogP contribution is 2.45. The van der Waals surface area contributed by atoms with Crippen molar-refractivity contribution in [1.82, 2.24) is 0 Å². The monoisotopic (exact) mass is 554 g/mol. The van der Waals surface area contributed by atoms with E-state index < -0.39 is 24.2 Å². The van der Waals surface area contributed by atoms with Crippen molar-refractivity contribution >= 4 is 54.3 Å². The molecule has 8 aromatic carbocycles. The zero-order valence-corrected chi connectivity index (χ0v) is 22.8. The summed E-state index contributed by atoms with van der Waals surface area (Å²) >= 11 is 0. The maximum absolute atomic E-state index is 9.26. The molecule has 0 aliphatic heterocycles. The molecule has 0 N–H and O–H groups in total. The second-order valence-electron chi connectivity index (χ2n) is 10.7. The van der Waals surface area contributed by atoms with Crippen molar-refractivity contribution in [3.63, 3.8) is 0 Å². The first-order chi connectivity index (χ1) is 24.6. The van der Waals surface area contributed by atoms with Gasteiger partial charge in [0.15, 0.2) is 0 Å². The molecule has 200 valence electrons. The number of hydrogen-bond donors (Lipinski definition) is 0. The van der Waals surface area contributed by atoms with E-state index in [0.29, 0.717) is 33.4 Å². The number of hydrogen-bond acceptors (Lipinski definition) is 1. The molecule has 0 spiro atoms. The van der Waals surface area contributed by atoms with Crippen LogP contribution in [0.5, 0.6) is 0 Å². The van der Waals surface area contributed by atoms with Gasteiger partial charge >= 0.3 is 0 Å². The lowest BCUT2D eigenvalue weighted by molar-refractivity contribution is 0.669. The fourth-order valence-electron chi connectivity index (χ4n) is 6.30. The molecule has 0 radical (unpaired) electrons. The predicted octanol–water partition coefficient (Wildman–Crippen LogP) is 12.0. The van der Waals surface area contributed by atoms with Gasteiger partial charge in [-0.1, -0.05) is 127 Å². The van der Waals surface area contributed by atoms with Crippen LogP contribution in [-0.2, 0) is 0 Å². The van der Waals surface area contributed by atoms with Crippen molar-refractivity contribution in [2.45, 2.75) is 0 Å². The molecule has 0 bridgehead atoms. The molecule has 0 aliphatic carbocycles. The topological polar surface area (TPSA) is 13.1 Å². The molecule has 1 heterocycles. The molecule has 0 fully saturated rings. The van der Waals surface area contributed by atoms with Crippen LogP contribution >= 0.6 is 0 Å². The molecule has 9 rings (SSSR count). The van der Waals surface area contributed by atoms with Crippen LogP contribution in [0.2, 0.25) is 0 Å². The second-order valence-corrected chi connectivity index (χ2v) is 10.7. The van der Waals surface area contributed by atoms with Crippen molar-refractivity contribution in [2.75, 3.05) is 0 Å². The van der Waals surface area contributed by atoms with Crippen LogP contribution in [0.15, 0.2) is 162 Å². The largest absolute Gasteiger partial charge is 0.456 e. The van der Waals surface area contributed by atoms with Crippen molar-refractivity contribution in [3.05, 3.63) is 158 Å². The van der Waals surface area contributed by atoms with E-state index in [0.717, 1.165) is 32.7 Å². The zero-order valence-electron chi connectivity index (χ0n) is 30.8. The first-order valence-corrected chi connectivity index (χ1v) is 14.1. The summed E-state index contributed by atoms with van der Waals surface area (Å²) in [7, 11) is 0. The highest BCUT2D eigenvalue weighted by Gasteiger charge is 2.18. The SMILES string of the molecule is [2H]c1c([2H])c([2H])c2c(-c3ccc4c(c3)oc3ccccc34)c3c([2H])c([2H])c([2H])c([2H])c3c(-c3ccc4cc(-c5ccccc5)ccc4c3)c2c1[2H]. The van der Waals surface area contributed by atoms with E-state index in [9.17, 15) is 5.48 Å². The van der Waals surface area contributed by atoms with Crippen LogP contribution in [0.3, 0.4) is 0 Å². The Labute approximate surface area is 260 Å². The summed E-state index contributed by atoms with van der Waals surface area (Å²) < 4.78 is 78.1. The van der Waals surface area contributed by atoms with Gasteiger partial charge in [-0.05, 0) is 96.0 Å². The van der Waals surface area contributed by atoms with E-state index in [1.165, 1.54) is 0 Å². The second kappa shape index (κ2) is 9.44. The van der Waals surface area contributed by atoms with Gasteiger partial charge in [-0.3, -0.25) is 0 Å². The van der Waals surface area contributed by atoms with Gasteiger partial charge in [0.25, 0.3) is 0 Å². The van der Waals surface area contributed by atoms with Gasteiger partial charge in [-0.25, -0.2) is 0 Å². The Morgan fingerprint density at radius 1 is 0.372 bits per heavy atom. The van der Waals surface area contributed by atoms with E-state index >= 15 is 0 Å². The Hall–Kier alpha value is -5.66. The Morgan fingerprint density at radius 2 is 0.884 bits per heavy atom. The summed E-state index contributed by atoms with van der Waals surface area (Å²) in [5, 5.41) is 4.29. The molecular weight excluding hydrogens is 520 g/mol. The third-order valence-corrected chi connectivity index (χ3v) is 8.28. The maximum atomic E-state index is 9.26.